The molecule has 0 saturated carbocycles. The van der Waals surface area contributed by atoms with Crippen LogP contribution in [-0.4, -0.2) is 6.17 Å². The fraction of sp³-hybridized carbons (Fsp3) is 0.333. The van der Waals surface area contributed by atoms with Crippen LogP contribution < -0.4 is 10.6 Å². The number of allylic oxidation sites excluding steroid dienone is 1. The van der Waals surface area contributed by atoms with Gasteiger partial charge in [0.05, 0.1) is 6.17 Å². The highest BCUT2D eigenvalue weighted by Gasteiger charge is 2.06. The molecule has 0 spiro atoms. The average Bonchev–Trinajstić information content (AvgIpc) is 2.48. The van der Waals surface area contributed by atoms with E-state index in [0.717, 1.165) is 0 Å². The van der Waals surface area contributed by atoms with Crippen LogP contribution in [0.2, 0.25) is 0 Å². The van der Waals surface area contributed by atoms with E-state index in [1.54, 1.807) is 0 Å². The number of para-hydroxylation sites is 1. The summed E-state index contributed by atoms with van der Waals surface area (Å²) < 4.78 is 0. The van der Waals surface area contributed by atoms with Gasteiger partial charge < -0.3 is 10.6 Å². The maximum Gasteiger partial charge on any atom is 0.0959 e. The van der Waals surface area contributed by atoms with E-state index in [4.69, 9.17) is 0 Å². The van der Waals surface area contributed by atoms with Crippen molar-refractivity contribution in [2.75, 3.05) is 5.32 Å². The molecule has 2 N–H and O–H groups in total. The number of hydrogen-bond donors (Lipinski definition) is 2. The maximum absolute atomic E-state index is 3.46. The summed E-state index contributed by atoms with van der Waals surface area (Å²) in [4.78, 5) is 0. The molecule has 2 rings (SSSR count). The lowest BCUT2D eigenvalue weighted by Crippen LogP contribution is -2.31. The Kier molecular flexibility index (Phi) is 3.06. The third-order valence-electron chi connectivity index (χ3n) is 2.39. The minimum absolute atomic E-state index is 0.371. The van der Waals surface area contributed by atoms with Crippen molar-refractivity contribution in [2.45, 2.75) is 25.4 Å². The van der Waals surface area contributed by atoms with Crippen molar-refractivity contribution < 1.29 is 0 Å². The smallest absolute Gasteiger partial charge is 0.0959 e. The van der Waals surface area contributed by atoms with Crippen molar-refractivity contribution in [3.05, 3.63) is 42.6 Å². The first-order valence-electron chi connectivity index (χ1n) is 5.18. The Labute approximate surface area is 85.0 Å². The number of nitrogens with one attached hydrogen (secondary N) is 2. The highest BCUT2D eigenvalue weighted by Crippen LogP contribution is 2.11. The van der Waals surface area contributed by atoms with Crippen molar-refractivity contribution in [1.29, 1.82) is 0 Å². The number of benzene rings is 1. The molecule has 0 amide bonds. The molecule has 1 aromatic rings. The van der Waals surface area contributed by atoms with Gasteiger partial charge in [-0.3, -0.25) is 0 Å². The van der Waals surface area contributed by atoms with Crippen molar-refractivity contribution in [2.24, 2.45) is 0 Å². The molecule has 1 unspecified atom stereocenters. The largest absolute Gasteiger partial charge is 0.372 e. The second-order valence-electron chi connectivity index (χ2n) is 3.56. The maximum atomic E-state index is 3.46. The van der Waals surface area contributed by atoms with Crippen molar-refractivity contribution >= 4 is 5.69 Å². The standard InChI is InChI=1S/C12H16N2/c1-3-7-11(8-4-1)14-12-9-5-2-6-10-13-12/h1,3-4,6-8,10,12-14H,2,5,9H2. The number of hydrogen-bond acceptors (Lipinski definition) is 2. The van der Waals surface area contributed by atoms with E-state index in [9.17, 15) is 0 Å². The highest BCUT2D eigenvalue weighted by molar-refractivity contribution is 5.43. The van der Waals surface area contributed by atoms with Crippen LogP contribution in [0.3, 0.4) is 0 Å². The van der Waals surface area contributed by atoms with Gasteiger partial charge in [0.15, 0.2) is 0 Å². The van der Waals surface area contributed by atoms with E-state index in [2.05, 4.69) is 41.0 Å². The molecular formula is C12H16N2. The second-order valence-corrected chi connectivity index (χ2v) is 3.56. The molecule has 0 radical (unpaired) electrons. The van der Waals surface area contributed by atoms with E-state index in [1.807, 2.05) is 12.3 Å². The monoisotopic (exact) mass is 188 g/mol. The van der Waals surface area contributed by atoms with E-state index < -0.39 is 0 Å². The zero-order chi connectivity index (χ0) is 9.64. The second kappa shape index (κ2) is 4.70. The number of rotatable bonds is 2. The molecule has 0 fully saturated rings. The Morgan fingerprint density at radius 3 is 2.93 bits per heavy atom. The van der Waals surface area contributed by atoms with Crippen LogP contribution in [0.5, 0.6) is 0 Å². The van der Waals surface area contributed by atoms with Gasteiger partial charge in [-0.25, -0.2) is 0 Å². The summed E-state index contributed by atoms with van der Waals surface area (Å²) in [6, 6.07) is 10.3. The molecule has 0 aliphatic carbocycles. The van der Waals surface area contributed by atoms with Gasteiger partial charge in [0.25, 0.3) is 0 Å². The highest BCUT2D eigenvalue weighted by atomic mass is 15.1. The molecular weight excluding hydrogens is 172 g/mol. The molecule has 0 bridgehead atoms. The predicted octanol–water partition coefficient (Wildman–Crippen LogP) is 2.71. The average molecular weight is 188 g/mol. The van der Waals surface area contributed by atoms with Crippen LogP contribution in [0.15, 0.2) is 42.6 Å². The van der Waals surface area contributed by atoms with Gasteiger partial charge in [-0.2, -0.15) is 0 Å². The van der Waals surface area contributed by atoms with Gasteiger partial charge in [0.1, 0.15) is 0 Å². The molecule has 14 heavy (non-hydrogen) atoms. The zero-order valence-corrected chi connectivity index (χ0v) is 8.24. The van der Waals surface area contributed by atoms with Gasteiger partial charge in [-0.1, -0.05) is 24.3 Å². The molecule has 0 aromatic heterocycles. The number of anilines is 1. The van der Waals surface area contributed by atoms with Gasteiger partial charge >= 0.3 is 0 Å². The molecule has 2 nitrogen and oxygen atoms in total. The molecule has 1 aliphatic heterocycles. The van der Waals surface area contributed by atoms with Gasteiger partial charge in [0.2, 0.25) is 0 Å². The van der Waals surface area contributed by atoms with E-state index in [0.29, 0.717) is 6.17 Å². The van der Waals surface area contributed by atoms with E-state index in [-0.39, 0.29) is 0 Å². The quantitative estimate of drug-likeness (QED) is 0.745. The third-order valence-corrected chi connectivity index (χ3v) is 2.39. The van der Waals surface area contributed by atoms with E-state index >= 15 is 0 Å². The Morgan fingerprint density at radius 2 is 2.07 bits per heavy atom. The fourth-order valence-corrected chi connectivity index (χ4v) is 1.64. The fourth-order valence-electron chi connectivity index (χ4n) is 1.64. The molecule has 74 valence electrons. The van der Waals surface area contributed by atoms with Crippen LogP contribution in [0.1, 0.15) is 19.3 Å². The summed E-state index contributed by atoms with van der Waals surface area (Å²) in [5.41, 5.74) is 1.18. The predicted molar refractivity (Wildman–Crippen MR) is 60.0 cm³/mol. The SMILES string of the molecule is C1=CNC(Nc2ccccc2)CCC1. The third kappa shape index (κ3) is 2.52. The van der Waals surface area contributed by atoms with Crippen LogP contribution >= 0.6 is 0 Å². The molecule has 2 heteroatoms. The van der Waals surface area contributed by atoms with Gasteiger partial charge in [0, 0.05) is 5.69 Å². The van der Waals surface area contributed by atoms with E-state index in [1.165, 1.54) is 24.9 Å². The molecule has 1 heterocycles. The molecule has 1 atom stereocenters. The summed E-state index contributed by atoms with van der Waals surface area (Å²) in [6.45, 7) is 0. The summed E-state index contributed by atoms with van der Waals surface area (Å²) in [7, 11) is 0. The van der Waals surface area contributed by atoms with Crippen LogP contribution in [0.4, 0.5) is 5.69 Å². The van der Waals surface area contributed by atoms with Crippen LogP contribution in [0.25, 0.3) is 0 Å². The van der Waals surface area contributed by atoms with Crippen LogP contribution in [-0.2, 0) is 0 Å². The Balaban J connectivity index is 1.93. The Bertz CT molecular complexity index is 292. The van der Waals surface area contributed by atoms with Crippen molar-refractivity contribution in [1.82, 2.24) is 5.32 Å². The lowest BCUT2D eigenvalue weighted by atomic mass is 10.2. The first-order chi connectivity index (χ1) is 6.95. The molecule has 1 aliphatic rings. The van der Waals surface area contributed by atoms with Crippen molar-refractivity contribution in [3.8, 4) is 0 Å². The molecule has 1 aromatic carbocycles. The summed E-state index contributed by atoms with van der Waals surface area (Å²) >= 11 is 0. The Hall–Kier alpha value is -1.44. The topological polar surface area (TPSA) is 24.1 Å². The van der Waals surface area contributed by atoms with Gasteiger partial charge in [-0.05, 0) is 37.6 Å². The normalized spacial score (nSPS) is 21.0. The minimum Gasteiger partial charge on any atom is -0.372 e. The molecule has 0 saturated heterocycles. The van der Waals surface area contributed by atoms with Crippen LogP contribution in [0, 0.1) is 0 Å². The lowest BCUT2D eigenvalue weighted by molar-refractivity contribution is 0.593. The summed E-state index contributed by atoms with van der Waals surface area (Å²) in [5.74, 6) is 0. The zero-order valence-electron chi connectivity index (χ0n) is 8.24. The summed E-state index contributed by atoms with van der Waals surface area (Å²) in [6.07, 6.45) is 8.20. The van der Waals surface area contributed by atoms with Crippen molar-refractivity contribution in [3.63, 3.8) is 0 Å². The first-order valence-corrected chi connectivity index (χ1v) is 5.18. The minimum atomic E-state index is 0.371. The lowest BCUT2D eigenvalue weighted by Gasteiger charge is -2.18. The van der Waals surface area contributed by atoms with Gasteiger partial charge in [-0.15, -0.1) is 0 Å². The first kappa shape index (κ1) is 9.13. The summed E-state index contributed by atoms with van der Waals surface area (Å²) in [5, 5.41) is 6.80. The Morgan fingerprint density at radius 1 is 1.21 bits per heavy atom.